The topological polar surface area (TPSA) is 265 Å². The number of aromatic nitrogens is 4. The molecule has 4 aromatic rings. The van der Waals surface area contributed by atoms with Gasteiger partial charge in [0.05, 0.1) is 25.3 Å². The van der Waals surface area contributed by atoms with Gasteiger partial charge in [-0.15, -0.1) is 35.6 Å². The van der Waals surface area contributed by atoms with Gasteiger partial charge in [-0.05, 0) is 89.7 Å². The van der Waals surface area contributed by atoms with Crippen LogP contribution >= 0.6 is 35.6 Å². The third-order valence-corrected chi connectivity index (χ3v) is 12.6. The third-order valence-electron chi connectivity index (χ3n) is 12.3. The number of hydrogen-bond donors (Lipinski definition) is 5. The van der Waals surface area contributed by atoms with Crippen LogP contribution in [-0.2, 0) is 9.68 Å². The summed E-state index contributed by atoms with van der Waals surface area (Å²) in [5.41, 5.74) is 16.4. The summed E-state index contributed by atoms with van der Waals surface area (Å²) < 4.78 is 65.7. The minimum Gasteiger partial charge on any atom is -0.662 e. The Balaban J connectivity index is 0.000000411. The second-order valence-corrected chi connectivity index (χ2v) is 17.9. The van der Waals surface area contributed by atoms with Crippen LogP contribution in [0.4, 0.5) is 41.1 Å². The zero-order chi connectivity index (χ0) is 52.9. The van der Waals surface area contributed by atoms with Gasteiger partial charge in [-0.1, -0.05) is 0 Å². The average molecular weight is 1110 g/mol. The van der Waals surface area contributed by atoms with E-state index in [1.807, 2.05) is 7.05 Å². The van der Waals surface area contributed by atoms with E-state index in [9.17, 15) is 27.2 Å². The van der Waals surface area contributed by atoms with Crippen molar-refractivity contribution in [2.75, 3.05) is 101 Å². The van der Waals surface area contributed by atoms with Crippen molar-refractivity contribution < 1.29 is 81.1 Å². The molecule has 0 amide bonds. The number of hydrogen-bond acceptors (Lipinski definition) is 19. The van der Waals surface area contributed by atoms with E-state index >= 15 is 0 Å². The number of methoxy groups -OCH3 is 2. The van der Waals surface area contributed by atoms with E-state index in [1.165, 1.54) is 38.7 Å². The Kier molecular flexibility index (Phi) is 29.8. The van der Waals surface area contributed by atoms with E-state index < -0.39 is 46.0 Å². The molecule has 8 N–H and O–H groups in total. The van der Waals surface area contributed by atoms with Crippen molar-refractivity contribution >= 4 is 77.2 Å². The standard InChI is InChI=1S/C23H30F2N6O2.C18H21F2N5O2.C5H11Cl2N.CH2O3.ClH.Na/c1-30-9-11-31(12-10-30)15-5-3-14(4-6-15)28-23-27-13-16(22(26)29-23)21(32)19-18(33-2)8-7-17(24)20(19)25;1-27-13-7-6-12(19)15(20)14(13)16(26)11-8-23-18(25-17(11)22)24-10-4-2-9(21)3-5-10;1-8(4-2-6)5-3-7;2-1-4-3;;/h7-8,13-15H,3-6,9-12H2,1-2H3,(H3,26,27,28,29);6-10H,2-5,21H2,1H3,(H3,22,23,24,25);2-5H2,1H3;1,3H;1H;/q;;;;;+1/p-1. The predicted molar refractivity (Wildman–Crippen MR) is 271 cm³/mol. The predicted octanol–water partition coefficient (Wildman–Crippen LogP) is 2.06. The van der Waals surface area contributed by atoms with Gasteiger partial charge in [0.2, 0.25) is 23.5 Å². The van der Waals surface area contributed by atoms with Gasteiger partial charge in [0, 0.05) is 87.6 Å². The molecule has 3 fully saturated rings. The molecule has 19 nitrogen and oxygen atoms in total. The minimum absolute atomic E-state index is 0. The maximum atomic E-state index is 14.3. The molecule has 404 valence electrons. The molecule has 0 unspecified atom stereocenters. The van der Waals surface area contributed by atoms with Gasteiger partial charge in [-0.3, -0.25) is 19.3 Å². The number of carbonyl (C=O) groups excluding carboxylic acids is 3. The quantitative estimate of drug-likeness (QED) is 0.0205. The molecular weight excluding hydrogens is 1050 g/mol. The molecule has 0 spiro atoms. The van der Waals surface area contributed by atoms with E-state index in [4.69, 9.17) is 59.9 Å². The monoisotopic (exact) mass is 1110 g/mol. The Morgan fingerprint density at radius 2 is 1.15 bits per heavy atom. The molecule has 2 saturated carbocycles. The maximum Gasteiger partial charge on any atom is 1.00 e. The summed E-state index contributed by atoms with van der Waals surface area (Å²) in [4.78, 5) is 60.4. The fourth-order valence-electron chi connectivity index (χ4n) is 8.18. The summed E-state index contributed by atoms with van der Waals surface area (Å²) >= 11 is 10.9. The van der Waals surface area contributed by atoms with Gasteiger partial charge < -0.3 is 57.3 Å². The van der Waals surface area contributed by atoms with Crippen LogP contribution < -0.4 is 72.1 Å². The number of ketones is 2. The maximum absolute atomic E-state index is 14.3. The van der Waals surface area contributed by atoms with Crippen molar-refractivity contribution in [1.29, 1.82) is 0 Å². The summed E-state index contributed by atoms with van der Waals surface area (Å²) in [6, 6.07) is 5.36. The van der Waals surface area contributed by atoms with Crippen molar-refractivity contribution in [3.8, 4) is 11.5 Å². The largest absolute Gasteiger partial charge is 1.00 e. The number of nitrogens with one attached hydrogen (secondary N) is 2. The number of carbonyl (C=O) groups is 3. The Hall–Kier alpha value is -4.40. The van der Waals surface area contributed by atoms with Crippen LogP contribution in [0, 0.1) is 23.3 Å². The number of alkyl halides is 2. The van der Waals surface area contributed by atoms with Gasteiger partial charge in [-0.25, -0.2) is 27.5 Å². The van der Waals surface area contributed by atoms with Crippen molar-refractivity contribution in [1.82, 2.24) is 34.6 Å². The number of benzene rings is 2. The van der Waals surface area contributed by atoms with E-state index in [1.54, 1.807) is 0 Å². The second kappa shape index (κ2) is 33.6. The fraction of sp³-hybridized carbons (Fsp3) is 0.511. The van der Waals surface area contributed by atoms with Crippen LogP contribution in [-0.4, -0.2) is 156 Å². The molecule has 74 heavy (non-hydrogen) atoms. The molecule has 2 aromatic carbocycles. The summed E-state index contributed by atoms with van der Waals surface area (Å²) in [6.07, 6.45) is 10.2. The summed E-state index contributed by atoms with van der Waals surface area (Å²) in [7, 11) is 6.69. The van der Waals surface area contributed by atoms with Gasteiger partial charge in [0.25, 0.3) is 6.47 Å². The number of rotatable bonds is 16. The van der Waals surface area contributed by atoms with Gasteiger partial charge in [-0.2, -0.15) is 9.97 Å². The smallest absolute Gasteiger partial charge is 0.662 e. The second-order valence-electron chi connectivity index (χ2n) is 17.1. The van der Waals surface area contributed by atoms with Crippen LogP contribution in [0.25, 0.3) is 0 Å². The van der Waals surface area contributed by atoms with Crippen LogP contribution in [0.5, 0.6) is 11.5 Å². The number of nitrogens with two attached hydrogens (primary N) is 3. The molecule has 27 heteroatoms. The Bertz CT molecular complexity index is 2390. The molecule has 1 aliphatic heterocycles. The van der Waals surface area contributed by atoms with Gasteiger partial charge in [0.15, 0.2) is 23.3 Å². The molecule has 3 aliphatic rings. The molecule has 2 aromatic heterocycles. The number of nitrogens with zero attached hydrogens (tertiary/aromatic N) is 7. The SMILES string of the molecule is CN(CCCl)CCCl.COc1ccc(F)c(F)c1C(=O)c1cnc(NC2CCC(N)CC2)nc1N.COc1ccc(F)c(F)c1C(=O)c1cnc(NC2CCC(N3CCN(C)CC3)CC2)nc1N.Cl.O=CO[O-].[Na+]. The molecule has 0 bridgehead atoms. The van der Waals surface area contributed by atoms with Gasteiger partial charge >= 0.3 is 29.6 Å². The molecule has 0 atom stereocenters. The Labute approximate surface area is 466 Å². The molecule has 7 rings (SSSR count). The summed E-state index contributed by atoms with van der Waals surface area (Å²) in [6.45, 7) is 6.13. The first-order chi connectivity index (χ1) is 34.5. The summed E-state index contributed by atoms with van der Waals surface area (Å²) in [5, 5.41) is 14.9. The summed E-state index contributed by atoms with van der Waals surface area (Å²) in [5.74, 6) is -5.04. The first-order valence-corrected chi connectivity index (χ1v) is 24.2. The van der Waals surface area contributed by atoms with Crippen LogP contribution in [0.1, 0.15) is 83.2 Å². The van der Waals surface area contributed by atoms with Crippen molar-refractivity contribution in [2.45, 2.75) is 75.5 Å². The Morgan fingerprint density at radius 3 is 1.50 bits per heavy atom. The average Bonchev–Trinajstić information content (AvgIpc) is 3.37. The first-order valence-electron chi connectivity index (χ1n) is 23.1. The van der Waals surface area contributed by atoms with Crippen LogP contribution in [0.2, 0.25) is 0 Å². The first kappa shape index (κ1) is 65.7. The molecule has 0 radical (unpaired) electrons. The van der Waals surface area contributed by atoms with E-state index in [2.05, 4.69) is 57.2 Å². The third kappa shape index (κ3) is 19.3. The van der Waals surface area contributed by atoms with E-state index in [-0.39, 0.29) is 107 Å². The van der Waals surface area contributed by atoms with E-state index in [0.29, 0.717) is 23.8 Å². The zero-order valence-electron chi connectivity index (χ0n) is 42.1. The Morgan fingerprint density at radius 1 is 0.757 bits per heavy atom. The minimum atomic E-state index is -1.31. The molecule has 3 heterocycles. The molecular formula is C47H64Cl3F4N12NaO7. The van der Waals surface area contributed by atoms with Crippen molar-refractivity contribution in [3.05, 3.63) is 82.2 Å². The van der Waals surface area contributed by atoms with E-state index in [0.717, 1.165) is 103 Å². The number of nitrogen functional groups attached to an aromatic ring is 2. The zero-order valence-corrected chi connectivity index (χ0v) is 46.4. The number of likely N-dealkylation sites (N-methyl/N-ethyl adjacent to an activating group) is 1. The molecule has 1 saturated heterocycles. The van der Waals surface area contributed by atoms with Gasteiger partial charge in [0.1, 0.15) is 34.3 Å². The van der Waals surface area contributed by atoms with Crippen molar-refractivity contribution in [2.24, 2.45) is 5.73 Å². The number of ether oxygens (including phenoxy) is 2. The van der Waals surface area contributed by atoms with Crippen molar-refractivity contribution in [3.63, 3.8) is 0 Å². The number of piperazine rings is 1. The number of halogens is 7. The van der Waals surface area contributed by atoms with Crippen LogP contribution in [0.15, 0.2) is 36.7 Å². The molecule has 2 aliphatic carbocycles. The number of anilines is 4. The normalized spacial score (nSPS) is 18.4. The van der Waals surface area contributed by atoms with Crippen LogP contribution in [0.3, 0.4) is 0 Å². The fourth-order valence-corrected chi connectivity index (χ4v) is 8.76.